The predicted molar refractivity (Wildman–Crippen MR) is 104 cm³/mol. The maximum atomic E-state index is 12.2. The van der Waals surface area contributed by atoms with E-state index in [9.17, 15) is 9.59 Å². The van der Waals surface area contributed by atoms with Crippen LogP contribution in [0.25, 0.3) is 0 Å². The first-order chi connectivity index (χ1) is 12.6. The van der Waals surface area contributed by atoms with Gasteiger partial charge in [-0.05, 0) is 48.2 Å². The lowest BCUT2D eigenvalue weighted by molar-refractivity contribution is -0.121. The van der Waals surface area contributed by atoms with Crippen molar-refractivity contribution < 1.29 is 9.59 Å². The SMILES string of the molecule is O=C(Cc1ccc(Cl)cc1)NCc1cccc(NC(=O)C2CCCC2)c1. The van der Waals surface area contributed by atoms with Crippen LogP contribution < -0.4 is 10.6 Å². The summed E-state index contributed by atoms with van der Waals surface area (Å²) in [7, 11) is 0. The molecule has 0 saturated heterocycles. The summed E-state index contributed by atoms with van der Waals surface area (Å²) in [6.07, 6.45) is 4.55. The molecule has 0 radical (unpaired) electrons. The molecule has 0 unspecified atom stereocenters. The summed E-state index contributed by atoms with van der Waals surface area (Å²) in [6, 6.07) is 14.9. The molecule has 4 nitrogen and oxygen atoms in total. The molecule has 3 rings (SSSR count). The Morgan fingerprint density at radius 3 is 2.46 bits per heavy atom. The van der Waals surface area contributed by atoms with Crippen LogP contribution in [0, 0.1) is 5.92 Å². The number of anilines is 1. The summed E-state index contributed by atoms with van der Waals surface area (Å²) in [6.45, 7) is 0.430. The van der Waals surface area contributed by atoms with Gasteiger partial charge in [0.2, 0.25) is 11.8 Å². The zero-order valence-electron chi connectivity index (χ0n) is 14.6. The van der Waals surface area contributed by atoms with Gasteiger partial charge in [-0.1, -0.05) is 48.7 Å². The molecule has 1 saturated carbocycles. The highest BCUT2D eigenvalue weighted by Crippen LogP contribution is 2.26. The Morgan fingerprint density at radius 1 is 1.00 bits per heavy atom. The van der Waals surface area contributed by atoms with Crippen molar-refractivity contribution in [2.75, 3.05) is 5.32 Å². The lowest BCUT2D eigenvalue weighted by Gasteiger charge is -2.12. The van der Waals surface area contributed by atoms with Gasteiger partial charge < -0.3 is 10.6 Å². The number of amides is 2. The average molecular weight is 371 g/mol. The highest BCUT2D eigenvalue weighted by Gasteiger charge is 2.22. The lowest BCUT2D eigenvalue weighted by atomic mass is 10.1. The van der Waals surface area contributed by atoms with Crippen molar-refractivity contribution in [3.8, 4) is 0 Å². The van der Waals surface area contributed by atoms with Gasteiger partial charge >= 0.3 is 0 Å². The van der Waals surface area contributed by atoms with Crippen LogP contribution in [-0.4, -0.2) is 11.8 Å². The minimum Gasteiger partial charge on any atom is -0.352 e. The number of hydrogen-bond acceptors (Lipinski definition) is 2. The van der Waals surface area contributed by atoms with Crippen LogP contribution in [-0.2, 0) is 22.6 Å². The van der Waals surface area contributed by atoms with Crippen LogP contribution >= 0.6 is 11.6 Å². The van der Waals surface area contributed by atoms with Gasteiger partial charge in [-0.2, -0.15) is 0 Å². The third-order valence-corrected chi connectivity index (χ3v) is 4.94. The maximum absolute atomic E-state index is 12.2. The zero-order chi connectivity index (χ0) is 18.4. The van der Waals surface area contributed by atoms with E-state index in [0.29, 0.717) is 18.0 Å². The van der Waals surface area contributed by atoms with Crippen LogP contribution in [0.1, 0.15) is 36.8 Å². The molecule has 2 amide bonds. The van der Waals surface area contributed by atoms with E-state index in [0.717, 1.165) is 42.5 Å². The van der Waals surface area contributed by atoms with Crippen LogP contribution in [0.5, 0.6) is 0 Å². The first-order valence-electron chi connectivity index (χ1n) is 9.01. The van der Waals surface area contributed by atoms with Crippen molar-refractivity contribution in [3.63, 3.8) is 0 Å². The number of hydrogen-bond donors (Lipinski definition) is 2. The van der Waals surface area contributed by atoms with Gasteiger partial charge in [-0.3, -0.25) is 9.59 Å². The molecule has 0 bridgehead atoms. The van der Waals surface area contributed by atoms with Crippen molar-refractivity contribution in [1.29, 1.82) is 0 Å². The fraction of sp³-hybridized carbons (Fsp3) is 0.333. The Bertz CT molecular complexity index is 768. The van der Waals surface area contributed by atoms with E-state index in [1.54, 1.807) is 12.1 Å². The fourth-order valence-electron chi connectivity index (χ4n) is 3.24. The standard InChI is InChI=1S/C21H23ClN2O2/c22-18-10-8-15(9-11-18)13-20(25)23-14-16-4-3-7-19(12-16)24-21(26)17-5-1-2-6-17/h3-4,7-12,17H,1-2,5-6,13-14H2,(H,23,25)(H,24,26). The number of carbonyl (C=O) groups excluding carboxylic acids is 2. The molecule has 0 spiro atoms. The Hall–Kier alpha value is -2.33. The zero-order valence-corrected chi connectivity index (χ0v) is 15.4. The summed E-state index contributed by atoms with van der Waals surface area (Å²) < 4.78 is 0. The Kier molecular flexibility index (Phi) is 6.29. The second kappa shape index (κ2) is 8.86. The third-order valence-electron chi connectivity index (χ3n) is 4.69. The first kappa shape index (κ1) is 18.5. The molecule has 2 N–H and O–H groups in total. The molecule has 0 aliphatic heterocycles. The van der Waals surface area contributed by atoms with Crippen molar-refractivity contribution in [2.45, 2.75) is 38.6 Å². The van der Waals surface area contributed by atoms with Crippen molar-refractivity contribution in [3.05, 3.63) is 64.7 Å². The van der Waals surface area contributed by atoms with Crippen LogP contribution in [0.4, 0.5) is 5.69 Å². The van der Waals surface area contributed by atoms with Crippen LogP contribution in [0.3, 0.4) is 0 Å². The predicted octanol–water partition coefficient (Wildman–Crippen LogP) is 4.33. The molecular formula is C21H23ClN2O2. The maximum Gasteiger partial charge on any atom is 0.227 e. The van der Waals surface area contributed by atoms with Gasteiger partial charge in [0.15, 0.2) is 0 Å². The van der Waals surface area contributed by atoms with E-state index in [1.807, 2.05) is 36.4 Å². The molecule has 136 valence electrons. The highest BCUT2D eigenvalue weighted by molar-refractivity contribution is 6.30. The Balaban J connectivity index is 1.50. The topological polar surface area (TPSA) is 58.2 Å². The molecule has 1 aliphatic rings. The normalized spacial score (nSPS) is 14.2. The molecule has 1 aliphatic carbocycles. The van der Waals surface area contributed by atoms with Crippen LogP contribution in [0.15, 0.2) is 48.5 Å². The fourth-order valence-corrected chi connectivity index (χ4v) is 3.37. The quantitative estimate of drug-likeness (QED) is 0.795. The number of carbonyl (C=O) groups is 2. The van der Waals surface area contributed by atoms with E-state index in [-0.39, 0.29) is 17.7 Å². The highest BCUT2D eigenvalue weighted by atomic mass is 35.5. The van der Waals surface area contributed by atoms with Crippen molar-refractivity contribution in [1.82, 2.24) is 5.32 Å². The summed E-state index contributed by atoms with van der Waals surface area (Å²) >= 11 is 5.85. The molecule has 5 heteroatoms. The molecule has 0 atom stereocenters. The van der Waals surface area contributed by atoms with E-state index in [4.69, 9.17) is 11.6 Å². The summed E-state index contributed by atoms with van der Waals surface area (Å²) in [5, 5.41) is 6.56. The molecule has 0 aromatic heterocycles. The van der Waals surface area contributed by atoms with Crippen molar-refractivity contribution in [2.24, 2.45) is 5.92 Å². The van der Waals surface area contributed by atoms with Gasteiger partial charge in [-0.15, -0.1) is 0 Å². The monoisotopic (exact) mass is 370 g/mol. The molecule has 1 fully saturated rings. The smallest absolute Gasteiger partial charge is 0.227 e. The largest absolute Gasteiger partial charge is 0.352 e. The van der Waals surface area contributed by atoms with Gasteiger partial charge in [0.25, 0.3) is 0 Å². The lowest BCUT2D eigenvalue weighted by Crippen LogP contribution is -2.24. The summed E-state index contributed by atoms with van der Waals surface area (Å²) in [4.78, 5) is 24.3. The molecule has 2 aromatic carbocycles. The van der Waals surface area contributed by atoms with E-state index >= 15 is 0 Å². The van der Waals surface area contributed by atoms with E-state index in [2.05, 4.69) is 10.6 Å². The number of halogens is 1. The minimum absolute atomic E-state index is 0.0484. The van der Waals surface area contributed by atoms with Gasteiger partial charge in [0, 0.05) is 23.2 Å². The number of nitrogens with one attached hydrogen (secondary N) is 2. The Morgan fingerprint density at radius 2 is 1.73 bits per heavy atom. The molecular weight excluding hydrogens is 348 g/mol. The summed E-state index contributed by atoms with van der Waals surface area (Å²) in [5.41, 5.74) is 2.66. The van der Waals surface area contributed by atoms with Gasteiger partial charge in [0.1, 0.15) is 0 Å². The Labute approximate surface area is 158 Å². The number of benzene rings is 2. The van der Waals surface area contributed by atoms with Crippen LogP contribution in [0.2, 0.25) is 5.02 Å². The van der Waals surface area contributed by atoms with Gasteiger partial charge in [0.05, 0.1) is 6.42 Å². The average Bonchev–Trinajstić information content (AvgIpc) is 3.17. The van der Waals surface area contributed by atoms with E-state index < -0.39 is 0 Å². The molecule has 2 aromatic rings. The van der Waals surface area contributed by atoms with E-state index in [1.165, 1.54) is 0 Å². The second-order valence-corrected chi connectivity index (χ2v) is 7.19. The summed E-state index contributed by atoms with van der Waals surface area (Å²) in [5.74, 6) is 0.192. The second-order valence-electron chi connectivity index (χ2n) is 6.75. The minimum atomic E-state index is -0.0484. The number of rotatable bonds is 6. The van der Waals surface area contributed by atoms with Gasteiger partial charge in [-0.25, -0.2) is 0 Å². The molecule has 26 heavy (non-hydrogen) atoms. The van der Waals surface area contributed by atoms with Crippen molar-refractivity contribution >= 4 is 29.1 Å². The first-order valence-corrected chi connectivity index (χ1v) is 9.39. The third kappa shape index (κ3) is 5.33. The molecule has 0 heterocycles.